The first-order valence-corrected chi connectivity index (χ1v) is 16.6. The van der Waals surface area contributed by atoms with Crippen LogP contribution in [0.15, 0.2) is 102 Å². The summed E-state index contributed by atoms with van der Waals surface area (Å²) in [5.41, 5.74) is 11.6. The summed E-state index contributed by atoms with van der Waals surface area (Å²) in [5.74, 6) is 2.42. The second kappa shape index (κ2) is 11.6. The Morgan fingerprint density at radius 2 is 1.49 bits per heavy atom. The van der Waals surface area contributed by atoms with Crippen molar-refractivity contribution in [2.45, 2.75) is 45.9 Å². The van der Waals surface area contributed by atoms with Gasteiger partial charge >= 0.3 is 0 Å². The molecule has 0 unspecified atom stereocenters. The molecule has 0 aliphatic carbocycles. The molecule has 45 heavy (non-hydrogen) atoms. The smallest absolute Gasteiger partial charge is 0.137 e. The molecule has 3 aromatic heterocycles. The van der Waals surface area contributed by atoms with Gasteiger partial charge in [0, 0.05) is 39.6 Å². The van der Waals surface area contributed by atoms with Gasteiger partial charge in [0.05, 0.1) is 28.1 Å². The molecule has 0 aliphatic heterocycles. The lowest BCUT2D eigenvalue weighted by atomic mass is 9.93. The van der Waals surface area contributed by atoms with Gasteiger partial charge in [0.2, 0.25) is 0 Å². The van der Waals surface area contributed by atoms with E-state index in [1.165, 1.54) is 49.2 Å². The van der Waals surface area contributed by atoms with Crippen LogP contribution >= 0.6 is 11.8 Å². The number of fused-ring (bicyclic) bond motifs is 3. The fourth-order valence-electron chi connectivity index (χ4n) is 6.59. The lowest BCUT2D eigenvalue weighted by molar-refractivity contribution is 0.482. The molecule has 0 saturated heterocycles. The number of benzene rings is 4. The molecule has 0 N–H and O–H groups in total. The first-order chi connectivity index (χ1) is 21.9. The average Bonchev–Trinajstić information content (AvgIpc) is 3.54. The number of para-hydroxylation sites is 1. The summed E-state index contributed by atoms with van der Waals surface area (Å²) < 4.78 is 10.8. The molecule has 224 valence electrons. The molecule has 0 bridgehead atoms. The zero-order valence-electron chi connectivity index (χ0n) is 26.6. The van der Waals surface area contributed by atoms with E-state index in [-0.39, 0.29) is 0 Å². The number of aromatic nitrogens is 4. The maximum atomic E-state index is 6.54. The number of nitrogens with zero attached hydrogens (tertiary/aromatic N) is 4. The van der Waals surface area contributed by atoms with Gasteiger partial charge < -0.3 is 4.74 Å². The largest absolute Gasteiger partial charge is 0.457 e. The van der Waals surface area contributed by atoms with Gasteiger partial charge in [-0.1, -0.05) is 31.2 Å². The van der Waals surface area contributed by atoms with Gasteiger partial charge in [-0.2, -0.15) is 5.10 Å². The minimum Gasteiger partial charge on any atom is -0.457 e. The van der Waals surface area contributed by atoms with Crippen molar-refractivity contribution in [2.75, 3.05) is 6.26 Å². The van der Waals surface area contributed by atoms with Gasteiger partial charge in [0.15, 0.2) is 0 Å². The molecule has 0 aliphatic rings. The van der Waals surface area contributed by atoms with E-state index >= 15 is 0 Å². The number of pyridine rings is 1. The Morgan fingerprint density at radius 1 is 0.733 bits per heavy atom. The lowest BCUT2D eigenvalue weighted by Gasteiger charge is -2.15. The third kappa shape index (κ3) is 5.09. The number of aryl methyl sites for hydroxylation is 4. The Hall–Kier alpha value is -4.81. The lowest BCUT2D eigenvalue weighted by Crippen LogP contribution is -2.03. The van der Waals surface area contributed by atoms with Crippen LogP contribution in [0.1, 0.15) is 35.0 Å². The van der Waals surface area contributed by atoms with E-state index in [1.54, 1.807) is 11.8 Å². The molecular formula is C39H36N4OS. The maximum Gasteiger partial charge on any atom is 0.137 e. The minimum atomic E-state index is 0.761. The highest BCUT2D eigenvalue weighted by molar-refractivity contribution is 7.98. The highest BCUT2D eigenvalue weighted by Crippen LogP contribution is 2.38. The zero-order chi connectivity index (χ0) is 31.2. The number of hydrogen-bond donors (Lipinski definition) is 0. The standard InChI is InChI=1S/C39H36N4OS/c1-7-34-39(38-25(3)20-31(45-6)21-26(38)4)27(5)41-43(34)28-11-10-12-29(22-28)44-30-15-16-33-32-13-8-9-14-35(32)42(36(33)23-30)37-19-24(2)17-18-40-37/h8-23H,7H2,1-6H3. The Labute approximate surface area is 268 Å². The summed E-state index contributed by atoms with van der Waals surface area (Å²) in [7, 11) is 0. The third-order valence-corrected chi connectivity index (χ3v) is 9.26. The molecule has 0 atom stereocenters. The van der Waals surface area contributed by atoms with E-state index in [2.05, 4.69) is 117 Å². The molecular weight excluding hydrogens is 573 g/mol. The average molecular weight is 609 g/mol. The van der Waals surface area contributed by atoms with Crippen molar-refractivity contribution >= 4 is 33.6 Å². The topological polar surface area (TPSA) is 44.9 Å². The second-order valence-corrected chi connectivity index (χ2v) is 12.5. The van der Waals surface area contributed by atoms with Gasteiger partial charge in [-0.05, 0) is 117 Å². The van der Waals surface area contributed by atoms with Crippen molar-refractivity contribution in [2.24, 2.45) is 0 Å². The molecule has 4 aromatic carbocycles. The molecule has 0 radical (unpaired) electrons. The Balaban J connectivity index is 1.29. The summed E-state index contributed by atoms with van der Waals surface area (Å²) >= 11 is 1.78. The highest BCUT2D eigenvalue weighted by atomic mass is 32.2. The number of thioether (sulfide) groups is 1. The Morgan fingerprint density at radius 3 is 2.24 bits per heavy atom. The van der Waals surface area contributed by atoms with Gasteiger partial charge in [-0.3, -0.25) is 4.57 Å². The molecule has 6 heteroatoms. The predicted octanol–water partition coefficient (Wildman–Crippen LogP) is 10.3. The molecule has 7 rings (SSSR count). The molecule has 0 saturated carbocycles. The monoisotopic (exact) mass is 608 g/mol. The van der Waals surface area contributed by atoms with Crippen LogP contribution in [0.4, 0.5) is 0 Å². The molecule has 5 nitrogen and oxygen atoms in total. The van der Waals surface area contributed by atoms with E-state index < -0.39 is 0 Å². The van der Waals surface area contributed by atoms with E-state index in [0.717, 1.165) is 46.2 Å². The van der Waals surface area contributed by atoms with E-state index in [1.807, 2.05) is 30.5 Å². The van der Waals surface area contributed by atoms with Crippen LogP contribution in [-0.4, -0.2) is 25.6 Å². The van der Waals surface area contributed by atoms with Crippen molar-refractivity contribution in [1.29, 1.82) is 0 Å². The van der Waals surface area contributed by atoms with Crippen molar-refractivity contribution in [3.63, 3.8) is 0 Å². The second-order valence-electron chi connectivity index (χ2n) is 11.6. The number of hydrogen-bond acceptors (Lipinski definition) is 4. The van der Waals surface area contributed by atoms with Crippen molar-refractivity contribution in [3.8, 4) is 34.1 Å². The molecule has 7 aromatic rings. The Kier molecular flexibility index (Phi) is 7.46. The first kappa shape index (κ1) is 28.9. The fourth-order valence-corrected chi connectivity index (χ4v) is 7.18. The van der Waals surface area contributed by atoms with Crippen LogP contribution in [0.3, 0.4) is 0 Å². The zero-order valence-corrected chi connectivity index (χ0v) is 27.4. The van der Waals surface area contributed by atoms with E-state index in [9.17, 15) is 0 Å². The summed E-state index contributed by atoms with van der Waals surface area (Å²) in [6.07, 6.45) is 4.85. The van der Waals surface area contributed by atoms with Gasteiger partial charge in [-0.25, -0.2) is 9.67 Å². The van der Waals surface area contributed by atoms with E-state index in [0.29, 0.717) is 0 Å². The van der Waals surface area contributed by atoms with Crippen LogP contribution in [0.25, 0.3) is 44.4 Å². The molecule has 0 fully saturated rings. The van der Waals surface area contributed by atoms with Crippen LogP contribution < -0.4 is 4.74 Å². The predicted molar refractivity (Wildman–Crippen MR) is 188 cm³/mol. The van der Waals surface area contributed by atoms with Gasteiger partial charge in [0.25, 0.3) is 0 Å². The fraction of sp³-hybridized carbons (Fsp3) is 0.179. The summed E-state index contributed by atoms with van der Waals surface area (Å²) in [5, 5.41) is 7.42. The molecule has 3 heterocycles. The summed E-state index contributed by atoms with van der Waals surface area (Å²) in [4.78, 5) is 6.01. The van der Waals surface area contributed by atoms with Crippen LogP contribution in [-0.2, 0) is 6.42 Å². The highest BCUT2D eigenvalue weighted by Gasteiger charge is 2.21. The number of ether oxygens (including phenoxy) is 1. The summed E-state index contributed by atoms with van der Waals surface area (Å²) in [6.45, 7) is 10.8. The van der Waals surface area contributed by atoms with Crippen LogP contribution in [0, 0.1) is 27.7 Å². The normalized spacial score (nSPS) is 11.5. The van der Waals surface area contributed by atoms with E-state index in [4.69, 9.17) is 14.8 Å². The quantitative estimate of drug-likeness (QED) is 0.169. The Bertz CT molecular complexity index is 2200. The minimum absolute atomic E-state index is 0.761. The van der Waals surface area contributed by atoms with Crippen molar-refractivity contribution < 1.29 is 4.74 Å². The van der Waals surface area contributed by atoms with Crippen LogP contribution in [0.5, 0.6) is 11.5 Å². The van der Waals surface area contributed by atoms with Crippen LogP contribution in [0.2, 0.25) is 0 Å². The SMILES string of the molecule is CCc1c(-c2c(C)cc(SC)cc2C)c(C)nn1-c1cccc(Oc2ccc3c4ccccc4n(-c4cc(C)ccn4)c3c2)c1. The number of rotatable bonds is 7. The van der Waals surface area contributed by atoms with Crippen molar-refractivity contribution in [1.82, 2.24) is 19.3 Å². The van der Waals surface area contributed by atoms with Gasteiger partial charge in [-0.15, -0.1) is 11.8 Å². The summed E-state index contributed by atoms with van der Waals surface area (Å²) in [6, 6.07) is 31.7. The third-order valence-electron chi connectivity index (χ3n) is 8.56. The molecule has 0 spiro atoms. The molecule has 0 amide bonds. The van der Waals surface area contributed by atoms with Gasteiger partial charge in [0.1, 0.15) is 17.3 Å². The maximum absolute atomic E-state index is 6.54. The first-order valence-electron chi connectivity index (χ1n) is 15.3. The van der Waals surface area contributed by atoms with Crippen molar-refractivity contribution in [3.05, 3.63) is 125 Å².